The molecule has 1 aromatic rings. The first-order valence-corrected chi connectivity index (χ1v) is 15.0. The first kappa shape index (κ1) is 44.7. The van der Waals surface area contributed by atoms with Gasteiger partial charge in [0.15, 0.2) is 0 Å². The molecule has 0 unspecified atom stereocenters. The highest BCUT2D eigenvalue weighted by atomic mass is 14.8. The first-order chi connectivity index (χ1) is 17.9. The minimum absolute atomic E-state index is 1.11. The lowest BCUT2D eigenvalue weighted by atomic mass is 9.93. The third-order valence-corrected chi connectivity index (χ3v) is 5.09. The van der Waals surface area contributed by atoms with Crippen LogP contribution < -0.4 is 5.32 Å². The smallest absolute Gasteiger partial charge is 0.0326 e. The second-order valence-electron chi connectivity index (χ2n) is 7.14. The van der Waals surface area contributed by atoms with Gasteiger partial charge in [-0.1, -0.05) is 131 Å². The molecule has 0 saturated heterocycles. The molecular formula is C36H67N. The van der Waals surface area contributed by atoms with Crippen LogP contribution in [0, 0.1) is 0 Å². The first-order valence-electron chi connectivity index (χ1n) is 15.0. The lowest BCUT2D eigenvalue weighted by molar-refractivity contribution is 0.873. The zero-order chi connectivity index (χ0) is 30.2. The molecule has 0 spiro atoms. The fraction of sp³-hybridized carbons (Fsp3) is 0.556. The molecule has 1 aliphatic rings. The van der Waals surface area contributed by atoms with E-state index in [1.807, 2.05) is 69.4 Å². The summed E-state index contributed by atoms with van der Waals surface area (Å²) in [6.45, 7) is 36.0. The largest absolute Gasteiger partial charge is 0.388 e. The Morgan fingerprint density at radius 2 is 1.16 bits per heavy atom. The zero-order valence-corrected chi connectivity index (χ0v) is 28.0. The molecule has 1 aliphatic carbocycles. The second kappa shape index (κ2) is 35.9. The van der Waals surface area contributed by atoms with Gasteiger partial charge in [0.1, 0.15) is 0 Å². The Morgan fingerprint density at radius 1 is 0.784 bits per heavy atom. The van der Waals surface area contributed by atoms with Gasteiger partial charge in [0.25, 0.3) is 0 Å². The molecule has 2 rings (SSSR count). The van der Waals surface area contributed by atoms with Crippen molar-refractivity contribution in [3.8, 4) is 0 Å². The van der Waals surface area contributed by atoms with Crippen LogP contribution in [-0.4, -0.2) is 7.05 Å². The maximum atomic E-state index is 3.96. The number of hydrogen-bond donors (Lipinski definition) is 1. The fourth-order valence-electron chi connectivity index (χ4n) is 3.51. The lowest BCUT2D eigenvalue weighted by Gasteiger charge is -2.16. The van der Waals surface area contributed by atoms with E-state index in [2.05, 4.69) is 89.5 Å². The van der Waals surface area contributed by atoms with Crippen molar-refractivity contribution in [2.75, 3.05) is 7.05 Å². The van der Waals surface area contributed by atoms with Crippen LogP contribution in [0.2, 0.25) is 0 Å². The van der Waals surface area contributed by atoms with Crippen LogP contribution in [0.3, 0.4) is 0 Å². The number of allylic oxidation sites excluding steroid dienone is 7. The maximum Gasteiger partial charge on any atom is 0.0326 e. The van der Waals surface area contributed by atoms with E-state index in [4.69, 9.17) is 0 Å². The molecule has 0 amide bonds. The minimum Gasteiger partial charge on any atom is -0.388 e. The van der Waals surface area contributed by atoms with E-state index in [-0.39, 0.29) is 0 Å². The highest BCUT2D eigenvalue weighted by molar-refractivity contribution is 5.41. The molecule has 0 heterocycles. The second-order valence-corrected chi connectivity index (χ2v) is 7.14. The summed E-state index contributed by atoms with van der Waals surface area (Å²) in [7, 11) is 1.97. The summed E-state index contributed by atoms with van der Waals surface area (Å²) in [5, 5.41) is 3.21. The summed E-state index contributed by atoms with van der Waals surface area (Å²) in [6, 6.07) is 6.67. The Morgan fingerprint density at radius 3 is 1.41 bits per heavy atom. The third kappa shape index (κ3) is 21.5. The van der Waals surface area contributed by atoms with Gasteiger partial charge in [0.05, 0.1) is 0 Å². The predicted molar refractivity (Wildman–Crippen MR) is 179 cm³/mol. The summed E-state index contributed by atoms with van der Waals surface area (Å²) >= 11 is 0. The molecule has 1 aromatic carbocycles. The van der Waals surface area contributed by atoms with E-state index in [0.717, 1.165) is 25.7 Å². The Balaban J connectivity index is -0.000000135. The number of nitrogens with one attached hydrogen (secondary N) is 1. The van der Waals surface area contributed by atoms with E-state index in [1.165, 1.54) is 40.0 Å². The molecule has 0 bridgehead atoms. The molecular weight excluding hydrogens is 446 g/mol. The zero-order valence-electron chi connectivity index (χ0n) is 28.0. The Kier molecular flexibility index (Phi) is 43.3. The van der Waals surface area contributed by atoms with Crippen molar-refractivity contribution in [2.45, 2.75) is 129 Å². The molecule has 1 nitrogen and oxygen atoms in total. The average molecular weight is 514 g/mol. The molecule has 0 aromatic heterocycles. The third-order valence-electron chi connectivity index (χ3n) is 5.09. The molecule has 0 fully saturated rings. The standard InChI is InChI=1S/C13H19N.C12H18.C3H6.4C2H6/c1-5-13(14-4)12-8-6-11(7-9-12)10(2)3;1-4-10-8-7-9-11(5-2)12(10)6-3;1-3-2;4*1-2/h5-6,8,14H,2,7,9H2,1,3-4H3;7-9H,4-6H2,1-3H3;3H,1H2,2H3;4*1-2H3/b13-5-;;;;;;. The Bertz CT molecular complexity index is 707. The molecule has 1 heteroatoms. The molecule has 0 aliphatic heterocycles. The quantitative estimate of drug-likeness (QED) is 0.373. The van der Waals surface area contributed by atoms with E-state index in [1.54, 1.807) is 11.6 Å². The van der Waals surface area contributed by atoms with Gasteiger partial charge in [-0.15, -0.1) is 6.58 Å². The van der Waals surface area contributed by atoms with Gasteiger partial charge in [0, 0.05) is 12.7 Å². The summed E-state index contributed by atoms with van der Waals surface area (Å²) in [4.78, 5) is 0. The summed E-state index contributed by atoms with van der Waals surface area (Å²) in [5.74, 6) is 0. The highest BCUT2D eigenvalue weighted by Crippen LogP contribution is 2.25. The average Bonchev–Trinajstić information content (AvgIpc) is 2.98. The van der Waals surface area contributed by atoms with Crippen LogP contribution in [0.4, 0.5) is 0 Å². The van der Waals surface area contributed by atoms with Gasteiger partial charge in [-0.25, -0.2) is 0 Å². The number of likely N-dealkylation sites (N-methyl/N-ethyl adjacent to an activating group) is 1. The summed E-state index contributed by atoms with van der Waals surface area (Å²) < 4.78 is 0. The van der Waals surface area contributed by atoms with Crippen LogP contribution in [0.15, 0.2) is 78.1 Å². The minimum atomic E-state index is 1.11. The van der Waals surface area contributed by atoms with Gasteiger partial charge in [0.2, 0.25) is 0 Å². The van der Waals surface area contributed by atoms with Crippen LogP contribution in [0.1, 0.15) is 126 Å². The van der Waals surface area contributed by atoms with E-state index < -0.39 is 0 Å². The van der Waals surface area contributed by atoms with Crippen LogP contribution in [0.5, 0.6) is 0 Å². The SMILES string of the molecule is C=C(C)C1=CC=C(/C(=C/C)NC)CC1.C=CC.CC.CC.CC.CC.CCc1cccc(CC)c1CC. The van der Waals surface area contributed by atoms with Gasteiger partial charge in [-0.05, 0) is 80.7 Å². The van der Waals surface area contributed by atoms with Crippen molar-refractivity contribution in [3.05, 3.63) is 94.8 Å². The Labute approximate surface area is 236 Å². The molecule has 37 heavy (non-hydrogen) atoms. The van der Waals surface area contributed by atoms with Gasteiger partial charge in [-0.2, -0.15) is 0 Å². The number of benzene rings is 1. The number of aryl methyl sites for hydroxylation is 2. The van der Waals surface area contributed by atoms with Crippen LogP contribution in [-0.2, 0) is 19.3 Å². The van der Waals surface area contributed by atoms with E-state index >= 15 is 0 Å². The predicted octanol–water partition coefficient (Wildman–Crippen LogP) is 12.0. The molecule has 0 saturated carbocycles. The number of rotatable bonds is 6. The van der Waals surface area contributed by atoms with Crippen molar-refractivity contribution in [2.24, 2.45) is 0 Å². The van der Waals surface area contributed by atoms with Gasteiger partial charge < -0.3 is 5.32 Å². The monoisotopic (exact) mass is 514 g/mol. The highest BCUT2D eigenvalue weighted by Gasteiger charge is 2.09. The van der Waals surface area contributed by atoms with Crippen LogP contribution >= 0.6 is 0 Å². The number of hydrogen-bond acceptors (Lipinski definition) is 1. The van der Waals surface area contributed by atoms with Crippen molar-refractivity contribution in [1.82, 2.24) is 5.32 Å². The van der Waals surface area contributed by atoms with E-state index in [0.29, 0.717) is 0 Å². The normalized spacial score (nSPS) is 10.8. The molecule has 216 valence electrons. The maximum absolute atomic E-state index is 3.96. The van der Waals surface area contributed by atoms with Crippen molar-refractivity contribution in [3.63, 3.8) is 0 Å². The van der Waals surface area contributed by atoms with Gasteiger partial charge in [-0.3, -0.25) is 0 Å². The van der Waals surface area contributed by atoms with Crippen LogP contribution in [0.25, 0.3) is 0 Å². The van der Waals surface area contributed by atoms with Crippen molar-refractivity contribution in [1.29, 1.82) is 0 Å². The molecule has 0 atom stereocenters. The Hall–Kier alpha value is -2.28. The molecule has 0 radical (unpaired) electrons. The lowest BCUT2D eigenvalue weighted by Crippen LogP contribution is -2.09. The van der Waals surface area contributed by atoms with Crippen molar-refractivity contribution >= 4 is 0 Å². The van der Waals surface area contributed by atoms with Crippen molar-refractivity contribution < 1.29 is 0 Å². The summed E-state index contributed by atoms with van der Waals surface area (Å²) in [6.07, 6.45) is 14.0. The van der Waals surface area contributed by atoms with Gasteiger partial charge >= 0.3 is 0 Å². The fourth-order valence-corrected chi connectivity index (χ4v) is 3.51. The molecule has 1 N–H and O–H groups in total. The van der Waals surface area contributed by atoms with E-state index in [9.17, 15) is 0 Å². The topological polar surface area (TPSA) is 12.0 Å². The summed E-state index contributed by atoms with van der Waals surface area (Å²) in [5.41, 5.74) is 9.81.